The number of ether oxygens (including phenoxy) is 2. The summed E-state index contributed by atoms with van der Waals surface area (Å²) in [5, 5.41) is 12.3. The largest absolute Gasteiger partial charge is 0.443 e. The van der Waals surface area contributed by atoms with Crippen molar-refractivity contribution in [3.8, 4) is 0 Å². The van der Waals surface area contributed by atoms with E-state index in [0.717, 1.165) is 18.9 Å². The van der Waals surface area contributed by atoms with Crippen LogP contribution in [-0.2, 0) is 22.3 Å². The Hall–Kier alpha value is -3.42. The maximum atomic E-state index is 15.1. The zero-order valence-corrected chi connectivity index (χ0v) is 19.5. The first-order chi connectivity index (χ1) is 17.0. The van der Waals surface area contributed by atoms with E-state index in [1.165, 1.54) is 23.8 Å². The number of amides is 1. The van der Waals surface area contributed by atoms with Crippen molar-refractivity contribution in [2.24, 2.45) is 0 Å². The minimum absolute atomic E-state index is 0.0283. The Morgan fingerprint density at radius 3 is 2.75 bits per heavy atom. The van der Waals surface area contributed by atoms with E-state index in [1.54, 1.807) is 0 Å². The number of anilines is 2. The normalized spacial score (nSPS) is 23.1. The number of alkyl halides is 4. The van der Waals surface area contributed by atoms with Crippen molar-refractivity contribution >= 4 is 23.5 Å². The lowest BCUT2D eigenvalue weighted by Crippen LogP contribution is -2.38. The molecule has 3 aromatic rings. The summed E-state index contributed by atoms with van der Waals surface area (Å²) in [4.78, 5) is 19.9. The summed E-state index contributed by atoms with van der Waals surface area (Å²) in [6.45, 7) is 2.00. The van der Waals surface area contributed by atoms with Gasteiger partial charge >= 0.3 is 12.3 Å². The van der Waals surface area contributed by atoms with Crippen LogP contribution in [0.2, 0.25) is 0 Å². The number of nitrogens with one attached hydrogen (secondary N) is 3. The third-order valence-electron chi connectivity index (χ3n) is 6.49. The van der Waals surface area contributed by atoms with Crippen molar-refractivity contribution in [1.29, 1.82) is 0 Å². The standard InChI is InChI=1S/C22H25F4N7O3/c1-21(5-6-21)30-20(34)36-14-4-3-12(18(14)23)13-7-16(32-31-13)29-19-28-15(22(24,25)26)8-17-27-11(10-35-2)9-33(17)19/h7-9,12,14,18H,3-6,10H2,1-2H3,(H,30,34)(H2,28,29,31,32)/t12-,14-,18+/m1/s1. The second kappa shape index (κ2) is 8.91. The summed E-state index contributed by atoms with van der Waals surface area (Å²) in [6.07, 6.45) is -3.71. The van der Waals surface area contributed by atoms with Gasteiger partial charge in [0.25, 0.3) is 0 Å². The number of carbonyl (C=O) groups excluding carboxylic acids is 1. The molecule has 2 aliphatic rings. The van der Waals surface area contributed by atoms with Crippen LogP contribution < -0.4 is 10.6 Å². The highest BCUT2D eigenvalue weighted by Gasteiger charge is 2.43. The fourth-order valence-corrected chi connectivity index (χ4v) is 4.29. The number of alkyl carbamates (subject to hydrolysis) is 1. The lowest BCUT2D eigenvalue weighted by atomic mass is 10.0. The van der Waals surface area contributed by atoms with Crippen LogP contribution in [0.1, 0.15) is 55.6 Å². The molecule has 3 aromatic heterocycles. The van der Waals surface area contributed by atoms with Gasteiger partial charge in [0.2, 0.25) is 5.95 Å². The fourth-order valence-electron chi connectivity index (χ4n) is 4.29. The van der Waals surface area contributed by atoms with E-state index >= 15 is 4.39 Å². The molecule has 2 saturated carbocycles. The number of imidazole rings is 1. The summed E-state index contributed by atoms with van der Waals surface area (Å²) in [6, 6.07) is 2.35. The number of H-pyrrole nitrogens is 1. The van der Waals surface area contributed by atoms with Crippen molar-refractivity contribution in [3.63, 3.8) is 0 Å². The lowest BCUT2D eigenvalue weighted by Gasteiger charge is -2.19. The van der Waals surface area contributed by atoms with Gasteiger partial charge in [-0.2, -0.15) is 18.3 Å². The Bertz CT molecular complexity index is 1270. The summed E-state index contributed by atoms with van der Waals surface area (Å²) in [5.74, 6) is -0.628. The van der Waals surface area contributed by atoms with Gasteiger partial charge in [0, 0.05) is 42.6 Å². The molecule has 2 aliphatic carbocycles. The van der Waals surface area contributed by atoms with Gasteiger partial charge in [0.05, 0.1) is 12.3 Å². The van der Waals surface area contributed by atoms with Gasteiger partial charge in [0.15, 0.2) is 11.5 Å². The number of hydrogen-bond acceptors (Lipinski definition) is 7. The molecular weight excluding hydrogens is 486 g/mol. The molecule has 3 atom stereocenters. The van der Waals surface area contributed by atoms with Crippen molar-refractivity contribution < 1.29 is 31.8 Å². The average Bonchev–Trinajstić information content (AvgIpc) is 3.14. The van der Waals surface area contributed by atoms with Gasteiger partial charge in [-0.05, 0) is 32.6 Å². The first kappa shape index (κ1) is 24.3. The molecule has 0 bridgehead atoms. The number of nitrogens with zero attached hydrogens (tertiary/aromatic N) is 4. The number of aromatic nitrogens is 5. The smallest absolute Gasteiger partial charge is 0.433 e. The molecule has 3 heterocycles. The van der Waals surface area contributed by atoms with Crippen LogP contribution in [0.25, 0.3) is 5.65 Å². The third kappa shape index (κ3) is 4.94. The molecular formula is C22H25F4N7O3. The molecule has 1 amide bonds. The molecule has 5 rings (SSSR count). The molecule has 10 nitrogen and oxygen atoms in total. The Morgan fingerprint density at radius 2 is 2.06 bits per heavy atom. The molecule has 0 spiro atoms. The number of halogens is 4. The Balaban J connectivity index is 1.32. The minimum atomic E-state index is -4.69. The van der Waals surface area contributed by atoms with Crippen molar-refractivity contribution in [2.45, 2.75) is 69.1 Å². The van der Waals surface area contributed by atoms with Crippen LogP contribution in [0.5, 0.6) is 0 Å². The average molecular weight is 511 g/mol. The Labute approximate surface area is 202 Å². The molecule has 36 heavy (non-hydrogen) atoms. The lowest BCUT2D eigenvalue weighted by molar-refractivity contribution is -0.141. The van der Waals surface area contributed by atoms with Crippen molar-refractivity contribution in [2.75, 3.05) is 12.4 Å². The van der Waals surface area contributed by atoms with Gasteiger partial charge in [-0.15, -0.1) is 0 Å². The van der Waals surface area contributed by atoms with Crippen molar-refractivity contribution in [3.05, 3.63) is 35.4 Å². The van der Waals surface area contributed by atoms with E-state index in [1.807, 2.05) is 6.92 Å². The van der Waals surface area contributed by atoms with Crippen LogP contribution >= 0.6 is 0 Å². The number of aromatic amines is 1. The number of fused-ring (bicyclic) bond motifs is 1. The van der Waals surface area contributed by atoms with E-state index in [0.29, 0.717) is 24.2 Å². The maximum absolute atomic E-state index is 15.1. The number of rotatable bonds is 7. The van der Waals surface area contributed by atoms with Crippen LogP contribution in [0.3, 0.4) is 0 Å². The molecule has 0 unspecified atom stereocenters. The Kier molecular flexibility index (Phi) is 6.01. The molecule has 14 heteroatoms. The van der Waals surface area contributed by atoms with Crippen LogP contribution in [0.4, 0.5) is 34.1 Å². The van der Waals surface area contributed by atoms with Gasteiger partial charge in [0.1, 0.15) is 17.9 Å². The molecule has 0 aliphatic heterocycles. The first-order valence-corrected chi connectivity index (χ1v) is 11.4. The highest BCUT2D eigenvalue weighted by Crippen LogP contribution is 2.39. The SMILES string of the molecule is COCc1cn2c(Nc3cc([C@H]4CC[C@@H](OC(=O)NC5(C)CC5)[C@H]4F)[nH]n3)nc(C(F)(F)F)cc2n1. The summed E-state index contributed by atoms with van der Waals surface area (Å²) >= 11 is 0. The zero-order valence-electron chi connectivity index (χ0n) is 19.5. The topological polar surface area (TPSA) is 118 Å². The highest BCUT2D eigenvalue weighted by atomic mass is 19.4. The van der Waals surface area contributed by atoms with Gasteiger partial charge in [-0.1, -0.05) is 0 Å². The van der Waals surface area contributed by atoms with E-state index < -0.39 is 36.2 Å². The minimum Gasteiger partial charge on any atom is -0.443 e. The number of carbonyl (C=O) groups is 1. The quantitative estimate of drug-likeness (QED) is 0.407. The molecule has 194 valence electrons. The van der Waals surface area contributed by atoms with Gasteiger partial charge in [-0.3, -0.25) is 9.50 Å². The van der Waals surface area contributed by atoms with E-state index in [4.69, 9.17) is 9.47 Å². The third-order valence-corrected chi connectivity index (χ3v) is 6.49. The number of hydrogen-bond donors (Lipinski definition) is 3. The van der Waals surface area contributed by atoms with E-state index in [2.05, 4.69) is 30.8 Å². The van der Waals surface area contributed by atoms with Crippen LogP contribution in [-0.4, -0.2) is 55.6 Å². The zero-order chi connectivity index (χ0) is 25.7. The maximum Gasteiger partial charge on any atom is 0.433 e. The molecule has 2 fully saturated rings. The van der Waals surface area contributed by atoms with Crippen molar-refractivity contribution in [1.82, 2.24) is 29.9 Å². The van der Waals surface area contributed by atoms with Gasteiger partial charge < -0.3 is 20.1 Å². The summed E-state index contributed by atoms with van der Waals surface area (Å²) in [7, 11) is 1.45. The first-order valence-electron chi connectivity index (χ1n) is 11.4. The monoisotopic (exact) mass is 511 g/mol. The summed E-state index contributed by atoms with van der Waals surface area (Å²) < 4.78 is 67.0. The molecule has 0 saturated heterocycles. The molecule has 0 aromatic carbocycles. The molecule has 0 radical (unpaired) electrons. The second-order valence-electron chi connectivity index (χ2n) is 9.45. The van der Waals surface area contributed by atoms with E-state index in [-0.39, 0.29) is 29.6 Å². The van der Waals surface area contributed by atoms with Gasteiger partial charge in [-0.25, -0.2) is 19.2 Å². The van der Waals surface area contributed by atoms with Crippen LogP contribution in [0.15, 0.2) is 18.3 Å². The Morgan fingerprint density at radius 1 is 1.28 bits per heavy atom. The van der Waals surface area contributed by atoms with E-state index in [9.17, 15) is 18.0 Å². The number of methoxy groups -OCH3 is 1. The highest BCUT2D eigenvalue weighted by molar-refractivity contribution is 5.69. The molecule has 3 N–H and O–H groups in total. The predicted molar refractivity (Wildman–Crippen MR) is 118 cm³/mol. The predicted octanol–water partition coefficient (Wildman–Crippen LogP) is 4.22. The fraction of sp³-hybridized carbons (Fsp3) is 0.545. The summed E-state index contributed by atoms with van der Waals surface area (Å²) in [5.41, 5.74) is -0.518. The van der Waals surface area contributed by atoms with Crippen LogP contribution in [0, 0.1) is 0 Å². The second-order valence-corrected chi connectivity index (χ2v) is 9.45.